The van der Waals surface area contributed by atoms with Gasteiger partial charge in [0.25, 0.3) is 5.91 Å². The number of carbonyl (C=O) groups excluding carboxylic acids is 1. The fourth-order valence-electron chi connectivity index (χ4n) is 1.74. The standard InChI is InChI=1S/C15H12Cl3NOS/c1-2-21-14-6-4-3-5-9(14)15(20)19-13-8-11(17)10(16)7-12(13)18/h3-8H,2H2,1H3,(H,19,20). The van der Waals surface area contributed by atoms with Gasteiger partial charge in [0.05, 0.1) is 26.3 Å². The second-order valence-corrected chi connectivity index (χ2v) is 6.66. The van der Waals surface area contributed by atoms with Gasteiger partial charge in [-0.25, -0.2) is 0 Å². The third-order valence-corrected chi connectivity index (χ3v) is 4.68. The summed E-state index contributed by atoms with van der Waals surface area (Å²) in [5.41, 5.74) is 1.04. The Morgan fingerprint density at radius 2 is 1.76 bits per heavy atom. The van der Waals surface area contributed by atoms with Gasteiger partial charge < -0.3 is 5.32 Å². The van der Waals surface area contributed by atoms with Crippen molar-refractivity contribution >= 4 is 58.2 Å². The lowest BCUT2D eigenvalue weighted by Gasteiger charge is -2.11. The number of carbonyl (C=O) groups is 1. The molecule has 1 amide bonds. The number of thioether (sulfide) groups is 1. The predicted octanol–water partition coefficient (Wildman–Crippen LogP) is 6.01. The van der Waals surface area contributed by atoms with E-state index in [9.17, 15) is 4.79 Å². The van der Waals surface area contributed by atoms with Crippen molar-refractivity contribution in [3.05, 3.63) is 57.0 Å². The van der Waals surface area contributed by atoms with Crippen LogP contribution in [0, 0.1) is 0 Å². The molecule has 0 atom stereocenters. The highest BCUT2D eigenvalue weighted by Crippen LogP contribution is 2.33. The van der Waals surface area contributed by atoms with Gasteiger partial charge in [-0.15, -0.1) is 11.8 Å². The van der Waals surface area contributed by atoms with Crippen LogP contribution >= 0.6 is 46.6 Å². The fraction of sp³-hybridized carbons (Fsp3) is 0.133. The second-order valence-electron chi connectivity index (χ2n) is 4.13. The van der Waals surface area contributed by atoms with E-state index in [0.717, 1.165) is 10.6 Å². The Kier molecular flexibility index (Phi) is 5.82. The molecule has 2 nitrogen and oxygen atoms in total. The molecule has 0 spiro atoms. The van der Waals surface area contributed by atoms with Gasteiger partial charge in [-0.2, -0.15) is 0 Å². The van der Waals surface area contributed by atoms with Crippen LogP contribution < -0.4 is 5.32 Å². The first-order valence-corrected chi connectivity index (χ1v) is 8.32. The number of anilines is 1. The van der Waals surface area contributed by atoms with E-state index < -0.39 is 0 Å². The van der Waals surface area contributed by atoms with Crippen LogP contribution in [0.25, 0.3) is 0 Å². The molecular formula is C15H12Cl3NOS. The van der Waals surface area contributed by atoms with Crippen molar-refractivity contribution in [1.29, 1.82) is 0 Å². The van der Waals surface area contributed by atoms with Gasteiger partial charge >= 0.3 is 0 Å². The van der Waals surface area contributed by atoms with Gasteiger partial charge in [0.1, 0.15) is 0 Å². The van der Waals surface area contributed by atoms with E-state index in [4.69, 9.17) is 34.8 Å². The number of hydrogen-bond acceptors (Lipinski definition) is 2. The van der Waals surface area contributed by atoms with Crippen LogP contribution in [0.2, 0.25) is 15.1 Å². The number of benzene rings is 2. The van der Waals surface area contributed by atoms with E-state index >= 15 is 0 Å². The van der Waals surface area contributed by atoms with Crippen molar-refractivity contribution in [3.63, 3.8) is 0 Å². The Morgan fingerprint density at radius 3 is 2.48 bits per heavy atom. The van der Waals surface area contributed by atoms with Gasteiger partial charge in [-0.1, -0.05) is 53.9 Å². The van der Waals surface area contributed by atoms with Gasteiger partial charge in [0.15, 0.2) is 0 Å². The maximum Gasteiger partial charge on any atom is 0.256 e. The largest absolute Gasteiger partial charge is 0.321 e. The zero-order valence-corrected chi connectivity index (χ0v) is 14.2. The summed E-state index contributed by atoms with van der Waals surface area (Å²) in [5.74, 6) is 0.657. The number of hydrogen-bond donors (Lipinski definition) is 1. The highest BCUT2D eigenvalue weighted by molar-refractivity contribution is 7.99. The van der Waals surface area contributed by atoms with Crippen LogP contribution in [0.15, 0.2) is 41.3 Å². The minimum absolute atomic E-state index is 0.230. The summed E-state index contributed by atoms with van der Waals surface area (Å²) in [7, 11) is 0. The van der Waals surface area contributed by atoms with Crippen molar-refractivity contribution < 1.29 is 4.79 Å². The average molecular weight is 361 g/mol. The summed E-state index contributed by atoms with van der Waals surface area (Å²) in [4.78, 5) is 13.3. The van der Waals surface area contributed by atoms with Crippen LogP contribution in [0.5, 0.6) is 0 Å². The molecule has 0 heterocycles. The van der Waals surface area contributed by atoms with Crippen LogP contribution in [0.3, 0.4) is 0 Å². The molecule has 0 aliphatic heterocycles. The summed E-state index contributed by atoms with van der Waals surface area (Å²) in [6, 6.07) is 10.5. The number of halogens is 3. The Hall–Kier alpha value is -0.870. The summed E-state index contributed by atoms with van der Waals surface area (Å²) in [6.07, 6.45) is 0. The molecule has 2 rings (SSSR count). The number of rotatable bonds is 4. The van der Waals surface area contributed by atoms with E-state index in [1.807, 2.05) is 25.1 Å². The van der Waals surface area contributed by atoms with E-state index in [1.54, 1.807) is 23.9 Å². The monoisotopic (exact) mass is 359 g/mol. The Labute approximate surface area is 142 Å². The Balaban J connectivity index is 2.28. The lowest BCUT2D eigenvalue weighted by Crippen LogP contribution is -2.13. The summed E-state index contributed by atoms with van der Waals surface area (Å²) >= 11 is 19.5. The number of nitrogens with one attached hydrogen (secondary N) is 1. The molecule has 0 aliphatic rings. The average Bonchev–Trinajstić information content (AvgIpc) is 2.45. The lowest BCUT2D eigenvalue weighted by molar-refractivity contribution is 0.102. The van der Waals surface area contributed by atoms with Crippen molar-refractivity contribution in [1.82, 2.24) is 0 Å². The quantitative estimate of drug-likeness (QED) is 0.534. The smallest absolute Gasteiger partial charge is 0.256 e. The molecule has 0 unspecified atom stereocenters. The zero-order chi connectivity index (χ0) is 15.4. The molecule has 110 valence electrons. The van der Waals surface area contributed by atoms with Gasteiger partial charge in [0, 0.05) is 4.90 Å². The molecule has 1 N–H and O–H groups in total. The topological polar surface area (TPSA) is 29.1 Å². The highest BCUT2D eigenvalue weighted by atomic mass is 35.5. The minimum atomic E-state index is -0.230. The summed E-state index contributed by atoms with van der Waals surface area (Å²) in [6.45, 7) is 2.04. The first-order chi connectivity index (χ1) is 10.0. The number of amides is 1. The molecule has 21 heavy (non-hydrogen) atoms. The summed E-state index contributed by atoms with van der Waals surface area (Å²) in [5, 5.41) is 3.80. The van der Waals surface area contributed by atoms with Gasteiger partial charge in [0.2, 0.25) is 0 Å². The Morgan fingerprint density at radius 1 is 1.10 bits per heavy atom. The zero-order valence-electron chi connectivity index (χ0n) is 11.1. The second kappa shape index (κ2) is 7.41. The molecular weight excluding hydrogens is 349 g/mol. The fourth-order valence-corrected chi connectivity index (χ4v) is 3.14. The highest BCUT2D eigenvalue weighted by Gasteiger charge is 2.14. The molecule has 6 heteroatoms. The first kappa shape index (κ1) is 16.5. The van der Waals surface area contributed by atoms with E-state index in [-0.39, 0.29) is 5.91 Å². The molecule has 0 bridgehead atoms. The van der Waals surface area contributed by atoms with Crippen molar-refractivity contribution in [2.75, 3.05) is 11.1 Å². The first-order valence-electron chi connectivity index (χ1n) is 6.20. The normalized spacial score (nSPS) is 10.5. The third-order valence-electron chi connectivity index (χ3n) is 2.69. The lowest BCUT2D eigenvalue weighted by atomic mass is 10.2. The predicted molar refractivity (Wildman–Crippen MR) is 92.3 cm³/mol. The Bertz CT molecular complexity index is 676. The van der Waals surface area contributed by atoms with Crippen molar-refractivity contribution in [2.24, 2.45) is 0 Å². The van der Waals surface area contributed by atoms with Crippen LogP contribution in [-0.4, -0.2) is 11.7 Å². The van der Waals surface area contributed by atoms with E-state index in [0.29, 0.717) is 26.3 Å². The van der Waals surface area contributed by atoms with Crippen molar-refractivity contribution in [2.45, 2.75) is 11.8 Å². The van der Waals surface area contributed by atoms with Gasteiger partial charge in [-0.3, -0.25) is 4.79 Å². The molecule has 0 saturated carbocycles. The van der Waals surface area contributed by atoms with Gasteiger partial charge in [-0.05, 0) is 30.0 Å². The van der Waals surface area contributed by atoms with Crippen LogP contribution in [-0.2, 0) is 0 Å². The van der Waals surface area contributed by atoms with Crippen LogP contribution in [0.4, 0.5) is 5.69 Å². The maximum atomic E-state index is 12.4. The summed E-state index contributed by atoms with van der Waals surface area (Å²) < 4.78 is 0. The SMILES string of the molecule is CCSc1ccccc1C(=O)Nc1cc(Cl)c(Cl)cc1Cl. The third kappa shape index (κ3) is 4.07. The van der Waals surface area contributed by atoms with Crippen molar-refractivity contribution in [3.8, 4) is 0 Å². The van der Waals surface area contributed by atoms with E-state index in [2.05, 4.69) is 5.32 Å². The minimum Gasteiger partial charge on any atom is -0.321 e. The molecule has 0 radical (unpaired) electrons. The van der Waals surface area contributed by atoms with E-state index in [1.165, 1.54) is 6.07 Å². The molecule has 0 aliphatic carbocycles. The van der Waals surface area contributed by atoms with Crippen LogP contribution in [0.1, 0.15) is 17.3 Å². The molecule has 0 fully saturated rings. The molecule has 0 saturated heterocycles. The molecule has 2 aromatic rings. The maximum absolute atomic E-state index is 12.4. The molecule has 0 aromatic heterocycles. The molecule has 2 aromatic carbocycles.